The molecular weight excluding hydrogens is 530 g/mol. The van der Waals surface area contributed by atoms with Gasteiger partial charge in [0.25, 0.3) is 0 Å². The number of aromatic nitrogens is 4. The molecule has 4 heterocycles. The molecule has 0 radical (unpaired) electrons. The summed E-state index contributed by atoms with van der Waals surface area (Å²) in [4.78, 5) is 14.7. The van der Waals surface area contributed by atoms with Gasteiger partial charge in [-0.2, -0.15) is 15.1 Å². The van der Waals surface area contributed by atoms with E-state index in [9.17, 15) is 19.0 Å². The Bertz CT molecular complexity index is 1310. The van der Waals surface area contributed by atoms with Crippen molar-refractivity contribution in [3.63, 3.8) is 0 Å². The highest BCUT2D eigenvalue weighted by Gasteiger charge is 2.31. The first-order valence-electron chi connectivity index (χ1n) is 12.6. The molecule has 1 aromatic carbocycles. The number of hydrogen-bond acceptors (Lipinski definition) is 9. The van der Waals surface area contributed by atoms with Gasteiger partial charge in [0.1, 0.15) is 17.5 Å². The fourth-order valence-corrected chi connectivity index (χ4v) is 5.02. The van der Waals surface area contributed by atoms with E-state index in [0.29, 0.717) is 30.4 Å². The van der Waals surface area contributed by atoms with Gasteiger partial charge in [-0.25, -0.2) is 13.5 Å². The van der Waals surface area contributed by atoms with Crippen molar-refractivity contribution < 1.29 is 19.0 Å². The van der Waals surface area contributed by atoms with Crippen LogP contribution in [0.2, 0.25) is 0 Å². The lowest BCUT2D eigenvalue weighted by molar-refractivity contribution is 0.0572. The van der Waals surface area contributed by atoms with E-state index in [1.165, 1.54) is 12.1 Å². The molecule has 10 nitrogen and oxygen atoms in total. The Kier molecular flexibility index (Phi) is 8.70. The predicted octanol–water partition coefficient (Wildman–Crippen LogP) is 2.02. The van der Waals surface area contributed by atoms with Crippen molar-refractivity contribution in [2.75, 3.05) is 54.8 Å². The van der Waals surface area contributed by atoms with E-state index in [0.717, 1.165) is 30.4 Å². The van der Waals surface area contributed by atoms with E-state index >= 15 is 0 Å². The van der Waals surface area contributed by atoms with E-state index in [4.69, 9.17) is 5.73 Å². The molecule has 210 valence electrons. The molecule has 2 aromatic heterocycles. The summed E-state index contributed by atoms with van der Waals surface area (Å²) < 4.78 is 29.0. The zero-order chi connectivity index (χ0) is 27.0. The number of halogens is 3. The molecule has 2 aliphatic rings. The summed E-state index contributed by atoms with van der Waals surface area (Å²) in [6.07, 6.45) is 4.17. The van der Waals surface area contributed by atoms with Crippen molar-refractivity contribution in [1.82, 2.24) is 24.6 Å². The third-order valence-corrected chi connectivity index (χ3v) is 7.18. The number of nitrogens with two attached hydrogens (primary N) is 1. The number of β-amino-alcohol motifs (C(OH)–C–C–N with tert-alkyl or cyclic N) is 2. The number of benzene rings is 1. The van der Waals surface area contributed by atoms with E-state index in [1.807, 2.05) is 17.9 Å². The maximum atomic E-state index is 13.6. The minimum Gasteiger partial charge on any atom is -0.389 e. The number of anilines is 3. The Balaban J connectivity index is 0.00000353. The molecule has 2 aliphatic heterocycles. The monoisotopic (exact) mass is 562 g/mol. The number of hydrogen-bond donors (Lipinski definition) is 3. The van der Waals surface area contributed by atoms with Gasteiger partial charge in [-0.05, 0) is 26.0 Å². The highest BCUT2D eigenvalue weighted by Crippen LogP contribution is 2.24. The van der Waals surface area contributed by atoms with Gasteiger partial charge in [0, 0.05) is 68.7 Å². The molecule has 0 amide bonds. The second-order valence-electron chi connectivity index (χ2n) is 9.90. The van der Waals surface area contributed by atoms with Gasteiger partial charge in [0.15, 0.2) is 5.82 Å². The first kappa shape index (κ1) is 28.7. The first-order chi connectivity index (χ1) is 18.2. The summed E-state index contributed by atoms with van der Waals surface area (Å²) in [5.74, 6) is -0.0374. The summed E-state index contributed by atoms with van der Waals surface area (Å²) in [6, 6.07) is 5.57. The van der Waals surface area contributed by atoms with Crippen LogP contribution in [-0.4, -0.2) is 92.4 Å². The number of nitrogens with zero attached hydrogens (tertiary/aromatic N) is 7. The predicted molar refractivity (Wildman–Crippen MR) is 148 cm³/mol. The summed E-state index contributed by atoms with van der Waals surface area (Å²) >= 11 is 0. The van der Waals surface area contributed by atoms with Crippen LogP contribution in [0.5, 0.6) is 0 Å². The van der Waals surface area contributed by atoms with Gasteiger partial charge < -0.3 is 25.7 Å². The average Bonchev–Trinajstić information content (AvgIpc) is 3.40. The molecule has 0 aliphatic carbocycles. The molecule has 3 atom stereocenters. The number of aliphatic hydroxyl groups is 2. The zero-order valence-corrected chi connectivity index (χ0v) is 22.6. The lowest BCUT2D eigenvalue weighted by atomic mass is 10.1. The van der Waals surface area contributed by atoms with Crippen molar-refractivity contribution in [1.29, 1.82) is 0 Å². The SMILES string of the molecule is Cc1c(/C=C/CN2CCN(c3cc(F)cc(F)c3)C[C@H]2C)cnn1-c1cc(N2C[C@H](O)[C@@H](O)C2)nc(N)n1.Cl. The van der Waals surface area contributed by atoms with Crippen molar-refractivity contribution in [2.45, 2.75) is 32.1 Å². The largest absolute Gasteiger partial charge is 0.389 e. The normalized spacial score (nSPS) is 22.1. The van der Waals surface area contributed by atoms with Crippen molar-refractivity contribution in [2.24, 2.45) is 0 Å². The van der Waals surface area contributed by atoms with E-state index in [1.54, 1.807) is 21.8 Å². The Hall–Kier alpha value is -3.32. The number of nitrogen functional groups attached to an aromatic ring is 1. The van der Waals surface area contributed by atoms with Gasteiger partial charge in [-0.3, -0.25) is 4.90 Å². The summed E-state index contributed by atoms with van der Waals surface area (Å²) in [5, 5.41) is 24.3. The van der Waals surface area contributed by atoms with E-state index in [2.05, 4.69) is 33.0 Å². The molecule has 2 saturated heterocycles. The third-order valence-electron chi connectivity index (χ3n) is 7.18. The minimum atomic E-state index is -0.840. The van der Waals surface area contributed by atoms with Crippen LogP contribution >= 0.6 is 12.4 Å². The Morgan fingerprint density at radius 2 is 1.64 bits per heavy atom. The quantitative estimate of drug-likeness (QED) is 0.414. The van der Waals surface area contributed by atoms with Crippen molar-refractivity contribution in [3.05, 3.63) is 59.4 Å². The summed E-state index contributed by atoms with van der Waals surface area (Å²) in [5.41, 5.74) is 8.32. The molecule has 2 fully saturated rings. The second-order valence-corrected chi connectivity index (χ2v) is 9.90. The van der Waals surface area contributed by atoms with Crippen LogP contribution < -0.4 is 15.5 Å². The Morgan fingerprint density at radius 3 is 2.31 bits per heavy atom. The van der Waals surface area contributed by atoms with Crippen LogP contribution in [-0.2, 0) is 0 Å². The summed E-state index contributed by atoms with van der Waals surface area (Å²) in [7, 11) is 0. The smallest absolute Gasteiger partial charge is 0.224 e. The molecule has 13 heteroatoms. The van der Waals surface area contributed by atoms with Crippen molar-refractivity contribution >= 4 is 35.9 Å². The van der Waals surface area contributed by atoms with Crippen LogP contribution in [0.4, 0.5) is 26.2 Å². The fourth-order valence-electron chi connectivity index (χ4n) is 5.02. The van der Waals surface area contributed by atoms with Crippen molar-refractivity contribution in [3.8, 4) is 5.82 Å². The molecule has 4 N–H and O–H groups in total. The van der Waals surface area contributed by atoms with E-state index < -0.39 is 23.8 Å². The van der Waals surface area contributed by atoms with Crippen LogP contribution in [0.15, 0.2) is 36.5 Å². The maximum Gasteiger partial charge on any atom is 0.224 e. The highest BCUT2D eigenvalue weighted by atomic mass is 35.5. The van der Waals surface area contributed by atoms with Gasteiger partial charge >= 0.3 is 0 Å². The number of piperazine rings is 1. The molecule has 0 bridgehead atoms. The van der Waals surface area contributed by atoms with Crippen LogP contribution in [0.25, 0.3) is 11.9 Å². The first-order valence-corrected chi connectivity index (χ1v) is 12.6. The fraction of sp³-hybridized carbons (Fsp3) is 0.423. The Morgan fingerprint density at radius 1 is 0.974 bits per heavy atom. The highest BCUT2D eigenvalue weighted by molar-refractivity contribution is 5.85. The van der Waals surface area contributed by atoms with Gasteiger partial charge in [0.2, 0.25) is 5.95 Å². The lowest BCUT2D eigenvalue weighted by Crippen LogP contribution is -2.51. The molecule has 0 saturated carbocycles. The van der Waals surface area contributed by atoms with E-state index in [-0.39, 0.29) is 37.5 Å². The molecule has 3 aromatic rings. The second kappa shape index (κ2) is 11.8. The number of rotatable bonds is 6. The maximum absolute atomic E-state index is 13.6. The minimum absolute atomic E-state index is 0. The Labute approximate surface area is 231 Å². The van der Waals surface area contributed by atoms with Crippen LogP contribution in [0.1, 0.15) is 18.2 Å². The average molecular weight is 563 g/mol. The molecular formula is C26H33ClF2N8O2. The topological polar surface area (TPSA) is 120 Å². The van der Waals surface area contributed by atoms with Gasteiger partial charge in [0.05, 0.1) is 24.1 Å². The molecule has 0 spiro atoms. The van der Waals surface area contributed by atoms with Gasteiger partial charge in [-0.15, -0.1) is 12.4 Å². The van der Waals surface area contributed by atoms with Gasteiger partial charge in [-0.1, -0.05) is 12.2 Å². The van der Waals surface area contributed by atoms with Crippen LogP contribution in [0.3, 0.4) is 0 Å². The summed E-state index contributed by atoms with van der Waals surface area (Å²) in [6.45, 7) is 7.41. The molecule has 39 heavy (non-hydrogen) atoms. The van der Waals surface area contributed by atoms with Crippen LogP contribution in [0, 0.1) is 18.6 Å². The third kappa shape index (κ3) is 6.30. The lowest BCUT2D eigenvalue weighted by Gasteiger charge is -2.40. The zero-order valence-electron chi connectivity index (χ0n) is 21.8. The standard InChI is InChI=1S/C26H32F2N8O2.ClH/c1-16-13-34(21-9-19(27)8-20(28)10-21)7-6-33(16)5-3-4-18-12-30-36(17(18)2)25-11-24(31-26(29)32-25)35-14-22(37)23(38)15-35;/h3-4,8-12,16,22-23,37-38H,5-7,13-15H2,1-2H3,(H2,29,31,32);1H/b4-3+;/t16-,22+,23+;/m1./s1. The number of aliphatic hydroxyl groups excluding tert-OH is 2. The molecule has 0 unspecified atom stereocenters. The molecule has 5 rings (SSSR count).